The number of methoxy groups -OCH3 is 1. The van der Waals surface area contributed by atoms with Crippen molar-refractivity contribution in [2.45, 2.75) is 52.0 Å². The summed E-state index contributed by atoms with van der Waals surface area (Å²) in [6, 6.07) is 8.42. The topological polar surface area (TPSA) is 79.7 Å². The molecule has 0 saturated carbocycles. The summed E-state index contributed by atoms with van der Waals surface area (Å²) in [5.41, 5.74) is 2.03. The number of benzene rings is 1. The molecule has 1 N–H and O–H groups in total. The van der Waals surface area contributed by atoms with Crippen molar-refractivity contribution >= 4 is 17.4 Å². The fourth-order valence-electron chi connectivity index (χ4n) is 3.84. The molecule has 164 valence electrons. The Hall–Kier alpha value is -3.15. The van der Waals surface area contributed by atoms with Crippen molar-refractivity contribution in [3.63, 3.8) is 0 Å². The number of ketones is 1. The molecule has 1 aliphatic rings. The van der Waals surface area contributed by atoms with Crippen molar-refractivity contribution in [1.82, 2.24) is 9.88 Å². The molecule has 0 bridgehead atoms. The number of rotatable bonds is 6. The Balaban J connectivity index is 2.24. The maximum Gasteiger partial charge on any atom is 0.295 e. The predicted molar refractivity (Wildman–Crippen MR) is 120 cm³/mol. The van der Waals surface area contributed by atoms with Gasteiger partial charge in [-0.25, -0.2) is 0 Å². The lowest BCUT2D eigenvalue weighted by molar-refractivity contribution is -0.139. The van der Waals surface area contributed by atoms with Crippen molar-refractivity contribution in [2.75, 3.05) is 13.7 Å². The second kappa shape index (κ2) is 8.92. The quantitative estimate of drug-likeness (QED) is 0.418. The molecule has 1 atom stereocenters. The van der Waals surface area contributed by atoms with Gasteiger partial charge in [-0.1, -0.05) is 40.2 Å². The average Bonchev–Trinajstić information content (AvgIpc) is 3.01. The highest BCUT2D eigenvalue weighted by atomic mass is 16.5. The zero-order valence-corrected chi connectivity index (χ0v) is 18.8. The molecule has 1 amide bonds. The van der Waals surface area contributed by atoms with Crippen LogP contribution in [0.5, 0.6) is 5.75 Å². The second-order valence-corrected chi connectivity index (χ2v) is 8.79. The third kappa shape index (κ3) is 4.33. The summed E-state index contributed by atoms with van der Waals surface area (Å²) < 4.78 is 5.47. The first-order valence-electron chi connectivity index (χ1n) is 10.6. The van der Waals surface area contributed by atoms with Crippen molar-refractivity contribution in [3.8, 4) is 5.75 Å². The number of ether oxygens (including phenoxy) is 1. The third-order valence-electron chi connectivity index (χ3n) is 5.63. The van der Waals surface area contributed by atoms with Gasteiger partial charge >= 0.3 is 0 Å². The number of unbranched alkanes of at least 4 members (excludes halogenated alkanes) is 1. The van der Waals surface area contributed by atoms with Crippen molar-refractivity contribution in [3.05, 3.63) is 65.0 Å². The molecule has 0 spiro atoms. The molecular weight excluding hydrogens is 392 g/mol. The van der Waals surface area contributed by atoms with Crippen LogP contribution in [0.4, 0.5) is 0 Å². The van der Waals surface area contributed by atoms with Gasteiger partial charge in [-0.2, -0.15) is 0 Å². The van der Waals surface area contributed by atoms with Crippen LogP contribution in [0, 0.1) is 0 Å². The minimum Gasteiger partial charge on any atom is -0.507 e. The molecule has 6 nitrogen and oxygen atoms in total. The van der Waals surface area contributed by atoms with Crippen LogP contribution in [0.2, 0.25) is 0 Å². The van der Waals surface area contributed by atoms with Crippen LogP contribution < -0.4 is 4.74 Å². The summed E-state index contributed by atoms with van der Waals surface area (Å²) >= 11 is 0. The van der Waals surface area contributed by atoms with Gasteiger partial charge in [0.1, 0.15) is 11.5 Å². The largest absolute Gasteiger partial charge is 0.507 e. The fraction of sp³-hybridized carbons (Fsp3) is 0.400. The summed E-state index contributed by atoms with van der Waals surface area (Å²) in [5, 5.41) is 11.4. The SMILES string of the molecule is CCCCN1C(=O)C(=O)/C(=C(/O)c2cc(C(C)(C)C)ccc2OC)C1c1ccncc1. The molecule has 1 fully saturated rings. The van der Waals surface area contributed by atoms with E-state index >= 15 is 0 Å². The number of hydrogen-bond donors (Lipinski definition) is 1. The van der Waals surface area contributed by atoms with Crippen LogP contribution in [0.15, 0.2) is 48.3 Å². The van der Waals surface area contributed by atoms with Gasteiger partial charge in [0.05, 0.1) is 24.3 Å². The molecule has 31 heavy (non-hydrogen) atoms. The number of aliphatic hydroxyl groups excluding tert-OH is 1. The summed E-state index contributed by atoms with van der Waals surface area (Å²) in [6.07, 6.45) is 4.89. The molecule has 2 aromatic rings. The number of amides is 1. The number of hydrogen-bond acceptors (Lipinski definition) is 5. The highest BCUT2D eigenvalue weighted by molar-refractivity contribution is 6.46. The molecule has 1 aromatic heterocycles. The predicted octanol–water partition coefficient (Wildman–Crippen LogP) is 4.61. The summed E-state index contributed by atoms with van der Waals surface area (Å²) in [6.45, 7) is 8.67. The Morgan fingerprint density at radius 3 is 2.42 bits per heavy atom. The normalized spacial score (nSPS) is 18.5. The highest BCUT2D eigenvalue weighted by Crippen LogP contribution is 2.41. The van der Waals surface area contributed by atoms with Crippen molar-refractivity contribution < 1.29 is 19.4 Å². The van der Waals surface area contributed by atoms with Crippen molar-refractivity contribution in [2.24, 2.45) is 0 Å². The Labute approximate surface area is 183 Å². The number of carbonyl (C=O) groups is 2. The monoisotopic (exact) mass is 422 g/mol. The van der Waals surface area contributed by atoms with E-state index in [-0.39, 0.29) is 16.7 Å². The van der Waals surface area contributed by atoms with Gasteiger partial charge in [-0.15, -0.1) is 0 Å². The van der Waals surface area contributed by atoms with E-state index in [1.54, 1.807) is 35.5 Å². The lowest BCUT2D eigenvalue weighted by Crippen LogP contribution is -2.30. The minimum absolute atomic E-state index is 0.0802. The van der Waals surface area contributed by atoms with Gasteiger partial charge in [-0.05, 0) is 47.2 Å². The number of aliphatic hydroxyl groups is 1. The van der Waals surface area contributed by atoms with E-state index in [0.717, 1.165) is 24.0 Å². The standard InChI is InChI=1S/C25H30N2O4/c1-6-7-14-27-21(16-10-12-26-13-11-16)20(23(29)24(27)30)22(28)18-15-17(25(2,3)4)8-9-19(18)31-5/h8-13,15,21,28H,6-7,14H2,1-5H3/b22-20+. The zero-order chi connectivity index (χ0) is 22.8. The molecule has 1 aliphatic heterocycles. The van der Waals surface area contributed by atoms with Gasteiger partial charge in [0.25, 0.3) is 11.7 Å². The molecule has 6 heteroatoms. The van der Waals surface area contributed by atoms with Gasteiger partial charge in [0, 0.05) is 18.9 Å². The second-order valence-electron chi connectivity index (χ2n) is 8.79. The molecule has 1 aromatic carbocycles. The van der Waals surface area contributed by atoms with Crippen LogP contribution in [0.3, 0.4) is 0 Å². The lowest BCUT2D eigenvalue weighted by Gasteiger charge is -2.25. The average molecular weight is 423 g/mol. The molecule has 1 saturated heterocycles. The smallest absolute Gasteiger partial charge is 0.295 e. The molecule has 0 aliphatic carbocycles. The van der Waals surface area contributed by atoms with E-state index in [4.69, 9.17) is 4.74 Å². The Morgan fingerprint density at radius 1 is 1.16 bits per heavy atom. The Morgan fingerprint density at radius 2 is 1.84 bits per heavy atom. The first-order chi connectivity index (χ1) is 14.7. The molecular formula is C25H30N2O4. The molecule has 2 heterocycles. The van der Waals surface area contributed by atoms with Crippen LogP contribution in [0.25, 0.3) is 5.76 Å². The molecule has 0 radical (unpaired) electrons. The van der Waals surface area contributed by atoms with Crippen LogP contribution in [0.1, 0.15) is 63.3 Å². The highest BCUT2D eigenvalue weighted by Gasteiger charge is 2.46. The lowest BCUT2D eigenvalue weighted by atomic mass is 9.85. The third-order valence-corrected chi connectivity index (χ3v) is 5.63. The first kappa shape index (κ1) is 22.5. The maximum absolute atomic E-state index is 13.1. The number of pyridine rings is 1. The van der Waals surface area contributed by atoms with Crippen LogP contribution in [-0.2, 0) is 15.0 Å². The Bertz CT molecular complexity index is 1010. The van der Waals surface area contributed by atoms with E-state index in [1.165, 1.54) is 7.11 Å². The number of aromatic nitrogens is 1. The van der Waals surface area contributed by atoms with Crippen molar-refractivity contribution in [1.29, 1.82) is 0 Å². The number of nitrogens with zero attached hydrogens (tertiary/aromatic N) is 2. The summed E-state index contributed by atoms with van der Waals surface area (Å²) in [4.78, 5) is 31.6. The number of likely N-dealkylation sites (tertiary alicyclic amines) is 1. The van der Waals surface area contributed by atoms with Gasteiger partial charge < -0.3 is 14.7 Å². The van der Waals surface area contributed by atoms with E-state index in [9.17, 15) is 14.7 Å². The van der Waals surface area contributed by atoms with Crippen LogP contribution >= 0.6 is 0 Å². The number of Topliss-reactive ketones (excluding diaryl/α,β-unsaturated/α-hetero) is 1. The van der Waals surface area contributed by atoms with Gasteiger partial charge in [0.2, 0.25) is 0 Å². The van der Waals surface area contributed by atoms with Gasteiger partial charge in [0.15, 0.2) is 0 Å². The number of carbonyl (C=O) groups excluding carboxylic acids is 2. The fourth-order valence-corrected chi connectivity index (χ4v) is 3.84. The van der Waals surface area contributed by atoms with E-state index in [2.05, 4.69) is 25.8 Å². The minimum atomic E-state index is -0.682. The molecule has 3 rings (SSSR count). The maximum atomic E-state index is 13.1. The summed E-state index contributed by atoms with van der Waals surface area (Å²) in [5.74, 6) is -1.05. The first-order valence-corrected chi connectivity index (χ1v) is 10.6. The van der Waals surface area contributed by atoms with E-state index in [1.807, 2.05) is 19.1 Å². The Kier molecular flexibility index (Phi) is 6.48. The molecule has 1 unspecified atom stereocenters. The van der Waals surface area contributed by atoms with E-state index in [0.29, 0.717) is 17.9 Å². The van der Waals surface area contributed by atoms with E-state index < -0.39 is 17.7 Å². The summed E-state index contributed by atoms with van der Waals surface area (Å²) in [7, 11) is 1.52. The zero-order valence-electron chi connectivity index (χ0n) is 18.8. The van der Waals surface area contributed by atoms with Gasteiger partial charge in [-0.3, -0.25) is 14.6 Å². The van der Waals surface area contributed by atoms with Crippen LogP contribution in [-0.4, -0.2) is 40.3 Å².